The molecule has 1 aliphatic rings. The van der Waals surface area contributed by atoms with Crippen molar-refractivity contribution in [2.24, 2.45) is 0 Å². The monoisotopic (exact) mass is 308 g/mol. The topological polar surface area (TPSA) is 41.1 Å². The van der Waals surface area contributed by atoms with E-state index in [1.54, 1.807) is 0 Å². The fraction of sp³-hybridized carbons (Fsp3) is 0.350. The molecule has 0 aliphatic heterocycles. The minimum absolute atomic E-state index is 0.0231. The van der Waals surface area contributed by atoms with Crippen LogP contribution in [0.3, 0.4) is 0 Å². The quantitative estimate of drug-likeness (QED) is 0.849. The Labute approximate surface area is 138 Å². The molecule has 3 rings (SSSR count). The van der Waals surface area contributed by atoms with E-state index in [1.807, 2.05) is 13.0 Å². The molecule has 0 heterocycles. The maximum absolute atomic E-state index is 12.3. The molecule has 120 valence electrons. The molecule has 0 spiro atoms. The number of hydrogen-bond donors (Lipinski definition) is 2. The average molecular weight is 308 g/mol. The minimum Gasteiger partial charge on any atom is -0.331 e. The molecule has 0 aromatic heterocycles. The number of benzene rings is 2. The van der Waals surface area contributed by atoms with Gasteiger partial charge in [-0.25, -0.2) is 4.79 Å². The summed E-state index contributed by atoms with van der Waals surface area (Å²) < 4.78 is 0. The van der Waals surface area contributed by atoms with Crippen molar-refractivity contribution in [2.75, 3.05) is 5.32 Å². The predicted molar refractivity (Wildman–Crippen MR) is 95.0 cm³/mol. The number of urea groups is 1. The van der Waals surface area contributed by atoms with Gasteiger partial charge < -0.3 is 10.6 Å². The number of anilines is 1. The molecule has 2 N–H and O–H groups in total. The van der Waals surface area contributed by atoms with Crippen LogP contribution < -0.4 is 10.6 Å². The van der Waals surface area contributed by atoms with E-state index in [4.69, 9.17) is 0 Å². The van der Waals surface area contributed by atoms with E-state index in [0.29, 0.717) is 0 Å². The first kappa shape index (κ1) is 15.6. The number of carbonyl (C=O) groups excluding carboxylic acids is 1. The fourth-order valence-corrected chi connectivity index (χ4v) is 3.40. The molecular formula is C20H24N2O. The molecule has 0 fully saturated rings. The number of amides is 2. The number of carbonyl (C=O) groups is 1. The van der Waals surface area contributed by atoms with Gasteiger partial charge in [-0.05, 0) is 74.4 Å². The maximum Gasteiger partial charge on any atom is 0.319 e. The van der Waals surface area contributed by atoms with Crippen LogP contribution in [0.5, 0.6) is 0 Å². The average Bonchev–Trinajstić information content (AvgIpc) is 2.94. The molecule has 0 radical (unpaired) electrons. The number of rotatable bonds is 3. The van der Waals surface area contributed by atoms with Crippen LogP contribution in [0.4, 0.5) is 10.5 Å². The van der Waals surface area contributed by atoms with Gasteiger partial charge in [-0.1, -0.05) is 29.8 Å². The van der Waals surface area contributed by atoms with Gasteiger partial charge in [-0.2, -0.15) is 0 Å². The largest absolute Gasteiger partial charge is 0.331 e. The van der Waals surface area contributed by atoms with Crippen molar-refractivity contribution >= 4 is 11.7 Å². The number of hydrogen-bond acceptors (Lipinski definition) is 1. The van der Waals surface area contributed by atoms with Gasteiger partial charge in [0.1, 0.15) is 0 Å². The van der Waals surface area contributed by atoms with Crippen molar-refractivity contribution in [2.45, 2.75) is 46.1 Å². The third kappa shape index (κ3) is 3.55. The van der Waals surface area contributed by atoms with E-state index < -0.39 is 0 Å². The van der Waals surface area contributed by atoms with E-state index in [9.17, 15) is 4.79 Å². The first-order valence-electron chi connectivity index (χ1n) is 8.29. The van der Waals surface area contributed by atoms with Crippen LogP contribution in [0.25, 0.3) is 0 Å². The molecule has 1 aliphatic carbocycles. The van der Waals surface area contributed by atoms with Crippen molar-refractivity contribution in [3.8, 4) is 0 Å². The molecule has 0 saturated heterocycles. The van der Waals surface area contributed by atoms with E-state index in [2.05, 4.69) is 54.8 Å². The SMILES string of the molecule is Cc1ccc([C@H](C)NC(=O)Nc2ccc3c(c2)CCC3)c(C)c1. The lowest BCUT2D eigenvalue weighted by Crippen LogP contribution is -2.31. The molecule has 0 saturated carbocycles. The Morgan fingerprint density at radius 2 is 1.83 bits per heavy atom. The van der Waals surface area contributed by atoms with Crippen molar-refractivity contribution in [3.05, 3.63) is 64.2 Å². The third-order valence-electron chi connectivity index (χ3n) is 4.60. The molecule has 3 heteroatoms. The van der Waals surface area contributed by atoms with Gasteiger partial charge in [0.2, 0.25) is 0 Å². The summed E-state index contributed by atoms with van der Waals surface area (Å²) in [4.78, 5) is 12.3. The molecular weight excluding hydrogens is 284 g/mol. The Hall–Kier alpha value is -2.29. The van der Waals surface area contributed by atoms with Crippen LogP contribution in [-0.2, 0) is 12.8 Å². The zero-order valence-corrected chi connectivity index (χ0v) is 14.1. The zero-order chi connectivity index (χ0) is 16.4. The van der Waals surface area contributed by atoms with E-state index in [-0.39, 0.29) is 12.1 Å². The van der Waals surface area contributed by atoms with Crippen LogP contribution in [0, 0.1) is 13.8 Å². The number of fused-ring (bicyclic) bond motifs is 1. The second-order valence-electron chi connectivity index (χ2n) is 6.52. The van der Waals surface area contributed by atoms with Gasteiger partial charge >= 0.3 is 6.03 Å². The van der Waals surface area contributed by atoms with Gasteiger partial charge in [0.15, 0.2) is 0 Å². The first-order chi connectivity index (χ1) is 11.0. The summed E-state index contributed by atoms with van der Waals surface area (Å²) >= 11 is 0. The Morgan fingerprint density at radius 1 is 1.04 bits per heavy atom. The highest BCUT2D eigenvalue weighted by Crippen LogP contribution is 2.25. The van der Waals surface area contributed by atoms with Crippen molar-refractivity contribution in [1.29, 1.82) is 0 Å². The maximum atomic E-state index is 12.3. The molecule has 2 aromatic rings. The van der Waals surface area contributed by atoms with Crippen LogP contribution in [0.2, 0.25) is 0 Å². The van der Waals surface area contributed by atoms with Gasteiger partial charge in [0.25, 0.3) is 0 Å². The van der Waals surface area contributed by atoms with Crippen LogP contribution in [0.15, 0.2) is 36.4 Å². The second-order valence-corrected chi connectivity index (χ2v) is 6.52. The Bertz CT molecular complexity index is 736. The second kappa shape index (κ2) is 6.45. The van der Waals surface area contributed by atoms with Crippen molar-refractivity contribution < 1.29 is 4.79 Å². The highest BCUT2D eigenvalue weighted by molar-refractivity contribution is 5.89. The third-order valence-corrected chi connectivity index (χ3v) is 4.60. The Kier molecular flexibility index (Phi) is 4.37. The molecule has 2 amide bonds. The molecule has 23 heavy (non-hydrogen) atoms. The highest BCUT2D eigenvalue weighted by Gasteiger charge is 2.14. The lowest BCUT2D eigenvalue weighted by molar-refractivity contribution is 0.249. The summed E-state index contributed by atoms with van der Waals surface area (Å²) in [5.74, 6) is 0. The van der Waals surface area contributed by atoms with E-state index in [1.165, 1.54) is 28.7 Å². The molecule has 1 atom stereocenters. The van der Waals surface area contributed by atoms with Gasteiger partial charge in [-0.3, -0.25) is 0 Å². The molecule has 3 nitrogen and oxygen atoms in total. The van der Waals surface area contributed by atoms with E-state index in [0.717, 1.165) is 24.1 Å². The number of aryl methyl sites for hydroxylation is 4. The van der Waals surface area contributed by atoms with Crippen LogP contribution in [-0.4, -0.2) is 6.03 Å². The van der Waals surface area contributed by atoms with Gasteiger partial charge in [0, 0.05) is 5.69 Å². The van der Waals surface area contributed by atoms with Gasteiger partial charge in [0.05, 0.1) is 6.04 Å². The first-order valence-corrected chi connectivity index (χ1v) is 8.29. The summed E-state index contributed by atoms with van der Waals surface area (Å²) in [5, 5.41) is 5.98. The van der Waals surface area contributed by atoms with Crippen molar-refractivity contribution in [3.63, 3.8) is 0 Å². The zero-order valence-electron chi connectivity index (χ0n) is 14.1. The molecule has 0 bridgehead atoms. The summed E-state index contributed by atoms with van der Waals surface area (Å²) in [6, 6.07) is 12.4. The Morgan fingerprint density at radius 3 is 2.61 bits per heavy atom. The van der Waals surface area contributed by atoms with Crippen molar-refractivity contribution in [1.82, 2.24) is 5.32 Å². The fourth-order valence-electron chi connectivity index (χ4n) is 3.40. The smallest absolute Gasteiger partial charge is 0.319 e. The highest BCUT2D eigenvalue weighted by atomic mass is 16.2. The lowest BCUT2D eigenvalue weighted by atomic mass is 10.0. The standard InChI is InChI=1S/C20H24N2O/c1-13-7-10-19(14(2)11-13)15(3)21-20(23)22-18-9-8-16-5-4-6-17(16)12-18/h7-12,15H,4-6H2,1-3H3,(H2,21,22,23)/t15-/m0/s1. The van der Waals surface area contributed by atoms with Gasteiger partial charge in [-0.15, -0.1) is 0 Å². The summed E-state index contributed by atoms with van der Waals surface area (Å²) in [7, 11) is 0. The van der Waals surface area contributed by atoms with E-state index >= 15 is 0 Å². The van der Waals surface area contributed by atoms with Crippen LogP contribution >= 0.6 is 0 Å². The lowest BCUT2D eigenvalue weighted by Gasteiger charge is -2.18. The molecule has 0 unspecified atom stereocenters. The van der Waals surface area contributed by atoms with Crippen LogP contribution in [0.1, 0.15) is 47.2 Å². The predicted octanol–water partition coefficient (Wildman–Crippen LogP) is 4.67. The summed E-state index contributed by atoms with van der Waals surface area (Å²) in [6.45, 7) is 6.17. The molecule has 2 aromatic carbocycles. The summed E-state index contributed by atoms with van der Waals surface area (Å²) in [6.07, 6.45) is 3.49. The summed E-state index contributed by atoms with van der Waals surface area (Å²) in [5.41, 5.74) is 7.25. The normalized spacial score (nSPS) is 14.2. The minimum atomic E-state index is -0.157. The Balaban J connectivity index is 1.64. The number of nitrogens with one attached hydrogen (secondary N) is 2.